The minimum Gasteiger partial charge on any atom is -0.471 e. The molecule has 230 valence electrons. The third kappa shape index (κ3) is 4.17. The number of ether oxygens (including phenoxy) is 2. The second-order valence-corrected chi connectivity index (χ2v) is 13.0. The smallest absolute Gasteiger partial charge is 0.189 e. The maximum Gasteiger partial charge on any atom is 0.189 e. The fourth-order valence-electron chi connectivity index (χ4n) is 8.10. The van der Waals surface area contributed by atoms with E-state index in [9.17, 15) is 5.21 Å². The Morgan fingerprint density at radius 1 is 0.396 bits per heavy atom. The molecule has 2 aliphatic rings. The molecule has 0 bridgehead atoms. The predicted molar refractivity (Wildman–Crippen MR) is 192 cm³/mol. The summed E-state index contributed by atoms with van der Waals surface area (Å²) >= 11 is 0. The predicted octanol–water partition coefficient (Wildman–Crippen LogP) is 10.4. The second kappa shape index (κ2) is 10.7. The van der Waals surface area contributed by atoms with E-state index in [4.69, 9.17) is 9.47 Å². The van der Waals surface area contributed by atoms with Crippen LogP contribution in [0.1, 0.15) is 34.1 Å². The van der Waals surface area contributed by atoms with Crippen LogP contribution < -0.4 is 9.47 Å². The zero-order valence-electron chi connectivity index (χ0n) is 26.0. The van der Waals surface area contributed by atoms with E-state index in [0.29, 0.717) is 0 Å². The lowest BCUT2D eigenvalue weighted by molar-refractivity contribution is -0.250. The fourth-order valence-corrected chi connectivity index (χ4v) is 8.10. The van der Waals surface area contributed by atoms with Gasteiger partial charge in [0.1, 0.15) is 11.5 Å². The molecule has 1 N–H and O–H groups in total. The van der Waals surface area contributed by atoms with Crippen molar-refractivity contribution < 1.29 is 14.7 Å². The minimum absolute atomic E-state index is 0.276. The van der Waals surface area contributed by atoms with Gasteiger partial charge in [-0.05, 0) is 66.3 Å². The molecule has 0 spiro atoms. The van der Waals surface area contributed by atoms with Crippen LogP contribution in [0.3, 0.4) is 0 Å². The molecule has 0 radical (unpaired) electrons. The highest BCUT2D eigenvalue weighted by molar-refractivity contribution is 5.92. The number of benzene rings is 8. The molecule has 8 aromatic rings. The molecule has 4 nitrogen and oxygen atoms in total. The van der Waals surface area contributed by atoms with E-state index in [1.807, 2.05) is 12.1 Å². The molecule has 8 aromatic carbocycles. The molecule has 2 heterocycles. The Hall–Kier alpha value is -5.68. The molecule has 10 rings (SSSR count). The molecule has 0 unspecified atom stereocenters. The summed E-state index contributed by atoms with van der Waals surface area (Å²) in [5.74, 6) is 1.00. The fraction of sp³-hybridized carbons (Fsp3) is 0.0909. The summed E-state index contributed by atoms with van der Waals surface area (Å²) in [7, 11) is 0. The highest BCUT2D eigenvalue weighted by Crippen LogP contribution is 2.52. The molecule has 48 heavy (non-hydrogen) atoms. The molecule has 0 amide bonds. The van der Waals surface area contributed by atoms with Crippen molar-refractivity contribution in [3.8, 4) is 11.5 Å². The summed E-state index contributed by atoms with van der Waals surface area (Å²) in [5, 5.41) is 23.1. The van der Waals surface area contributed by atoms with E-state index in [2.05, 4.69) is 146 Å². The third-order valence-electron chi connectivity index (χ3n) is 10.3. The maximum absolute atomic E-state index is 12.6. The summed E-state index contributed by atoms with van der Waals surface area (Å²) in [4.78, 5) is 0. The van der Waals surface area contributed by atoms with Crippen LogP contribution in [-0.2, 0) is 0 Å². The molecule has 0 saturated carbocycles. The average molecular weight is 622 g/mol. The van der Waals surface area contributed by atoms with Crippen LogP contribution >= 0.6 is 0 Å². The van der Waals surface area contributed by atoms with E-state index < -0.39 is 12.5 Å². The van der Waals surface area contributed by atoms with E-state index in [0.717, 1.165) is 66.1 Å². The van der Waals surface area contributed by atoms with Gasteiger partial charge in [-0.25, -0.2) is 0 Å². The molecular formula is C44H31NO3. The van der Waals surface area contributed by atoms with Crippen LogP contribution in [0.2, 0.25) is 0 Å². The van der Waals surface area contributed by atoms with Gasteiger partial charge in [0.15, 0.2) is 12.5 Å². The summed E-state index contributed by atoms with van der Waals surface area (Å²) in [6.45, 7) is 0. The molecule has 0 aliphatic carbocycles. The molecule has 2 aliphatic heterocycles. The number of hydroxylamine groups is 2. The topological polar surface area (TPSA) is 41.9 Å². The quantitative estimate of drug-likeness (QED) is 0.199. The number of hydrogen-bond donors (Lipinski definition) is 1. The summed E-state index contributed by atoms with van der Waals surface area (Å²) in [6.07, 6.45) is -1.47. The van der Waals surface area contributed by atoms with Crippen molar-refractivity contribution in [1.29, 1.82) is 0 Å². The minimum atomic E-state index is -0.736. The van der Waals surface area contributed by atoms with Crippen LogP contribution in [-0.4, -0.2) is 22.7 Å². The van der Waals surface area contributed by atoms with Gasteiger partial charge in [0.05, 0.1) is 11.8 Å². The lowest BCUT2D eigenvalue weighted by Crippen LogP contribution is -2.49. The van der Waals surface area contributed by atoms with Crippen LogP contribution in [0.5, 0.6) is 11.5 Å². The van der Waals surface area contributed by atoms with Gasteiger partial charge in [-0.1, -0.05) is 146 Å². The molecule has 0 saturated heterocycles. The Kier molecular flexibility index (Phi) is 6.10. The summed E-state index contributed by atoms with van der Waals surface area (Å²) in [5.41, 5.74) is 4.32. The Balaban J connectivity index is 1.15. The van der Waals surface area contributed by atoms with E-state index >= 15 is 0 Å². The molecular weight excluding hydrogens is 590 g/mol. The Labute approximate surface area is 278 Å². The first-order valence-corrected chi connectivity index (χ1v) is 16.5. The van der Waals surface area contributed by atoms with Gasteiger partial charge in [-0.2, -0.15) is 0 Å². The van der Waals surface area contributed by atoms with Crippen LogP contribution in [0.15, 0.2) is 158 Å². The number of fused-ring (bicyclic) bond motifs is 8. The lowest BCUT2D eigenvalue weighted by Gasteiger charge is -2.34. The van der Waals surface area contributed by atoms with Gasteiger partial charge in [0.25, 0.3) is 0 Å². The van der Waals surface area contributed by atoms with Crippen molar-refractivity contribution in [2.75, 3.05) is 0 Å². The first kappa shape index (κ1) is 27.4. The summed E-state index contributed by atoms with van der Waals surface area (Å²) < 4.78 is 13.6. The van der Waals surface area contributed by atoms with E-state index in [1.54, 1.807) is 0 Å². The van der Waals surface area contributed by atoms with Gasteiger partial charge in [0, 0.05) is 11.1 Å². The Morgan fingerprint density at radius 3 is 1.23 bits per heavy atom. The Morgan fingerprint density at radius 2 is 0.771 bits per heavy atom. The SMILES string of the molecule is ON([C@H]1Oc2ccc3ccccc3c2[C@@H]1c1ccc2ccccc2c1)[C@H]1Oc2ccc3ccccc3c2[C@@H]1c1ccc2ccccc2c1. The van der Waals surface area contributed by atoms with Crippen molar-refractivity contribution in [2.45, 2.75) is 24.3 Å². The standard InChI is InChI=1S/C44H31NO3/c46-45(43-39(33-19-17-27-9-1-3-13-31(27)25-33)41-35-15-7-5-11-29(35)21-23-37(41)47-43)44-40(34-20-18-28-10-2-4-14-32(28)26-34)42-36-16-8-6-12-30(36)22-24-38(42)48-44/h1-26,39-40,43-44,46H/t39-,40-,43-,44-/m0/s1. The van der Waals surface area contributed by atoms with Crippen molar-refractivity contribution in [1.82, 2.24) is 5.06 Å². The van der Waals surface area contributed by atoms with Crippen LogP contribution in [0.25, 0.3) is 43.1 Å². The van der Waals surface area contributed by atoms with E-state index in [-0.39, 0.29) is 11.8 Å². The van der Waals surface area contributed by atoms with Gasteiger partial charge in [-0.3, -0.25) is 0 Å². The lowest BCUT2D eigenvalue weighted by atomic mass is 9.85. The first-order valence-electron chi connectivity index (χ1n) is 16.5. The number of nitrogens with zero attached hydrogens (tertiary/aromatic N) is 1. The van der Waals surface area contributed by atoms with Crippen LogP contribution in [0.4, 0.5) is 0 Å². The van der Waals surface area contributed by atoms with Gasteiger partial charge in [0.2, 0.25) is 0 Å². The van der Waals surface area contributed by atoms with Gasteiger partial charge < -0.3 is 14.7 Å². The zero-order chi connectivity index (χ0) is 31.8. The van der Waals surface area contributed by atoms with Crippen LogP contribution in [0, 0.1) is 0 Å². The van der Waals surface area contributed by atoms with Crippen molar-refractivity contribution in [2.24, 2.45) is 0 Å². The average Bonchev–Trinajstić information content (AvgIpc) is 3.74. The van der Waals surface area contributed by atoms with Crippen molar-refractivity contribution in [3.63, 3.8) is 0 Å². The summed E-state index contributed by atoms with van der Waals surface area (Å²) in [6, 6.07) is 55.1. The number of rotatable bonds is 4. The zero-order valence-corrected chi connectivity index (χ0v) is 26.0. The molecule has 0 fully saturated rings. The third-order valence-corrected chi connectivity index (χ3v) is 10.3. The highest BCUT2D eigenvalue weighted by atomic mass is 16.6. The van der Waals surface area contributed by atoms with Crippen molar-refractivity contribution >= 4 is 43.1 Å². The highest BCUT2D eigenvalue weighted by Gasteiger charge is 2.49. The maximum atomic E-state index is 12.6. The first-order chi connectivity index (χ1) is 23.7. The van der Waals surface area contributed by atoms with Gasteiger partial charge >= 0.3 is 0 Å². The largest absolute Gasteiger partial charge is 0.471 e. The normalized spacial score (nSPS) is 19.9. The van der Waals surface area contributed by atoms with Gasteiger partial charge in [-0.15, -0.1) is 5.06 Å². The Bertz CT molecular complexity index is 2360. The second-order valence-electron chi connectivity index (χ2n) is 13.0. The monoisotopic (exact) mass is 621 g/mol. The molecule has 4 heteroatoms. The number of hydrogen-bond acceptors (Lipinski definition) is 4. The van der Waals surface area contributed by atoms with E-state index in [1.165, 1.54) is 15.8 Å². The van der Waals surface area contributed by atoms with Crippen molar-refractivity contribution in [3.05, 3.63) is 180 Å². The molecule has 4 atom stereocenters. The molecule has 0 aromatic heterocycles.